The van der Waals surface area contributed by atoms with Gasteiger partial charge in [0.05, 0.1) is 24.6 Å². The highest BCUT2D eigenvalue weighted by Crippen LogP contribution is 2.36. The highest BCUT2D eigenvalue weighted by Gasteiger charge is 2.23. The Bertz CT molecular complexity index is 1310. The number of hydrogen-bond donors (Lipinski definition) is 2. The van der Waals surface area contributed by atoms with Crippen LogP contribution in [0, 0.1) is 23.1 Å². The van der Waals surface area contributed by atoms with Crippen LogP contribution in [0.4, 0.5) is 10.1 Å². The molecule has 0 unspecified atom stereocenters. The molecule has 1 fully saturated rings. The molecule has 1 amide bonds. The monoisotopic (exact) mass is 472 g/mol. The van der Waals surface area contributed by atoms with Gasteiger partial charge in [-0.2, -0.15) is 5.26 Å². The van der Waals surface area contributed by atoms with E-state index >= 15 is 0 Å². The van der Waals surface area contributed by atoms with E-state index in [0.29, 0.717) is 22.9 Å². The lowest BCUT2D eigenvalue weighted by molar-refractivity contribution is 0.0912. The number of benzene rings is 2. The number of nitrogens with one attached hydrogen (secondary N) is 2. The van der Waals surface area contributed by atoms with E-state index < -0.39 is 11.7 Å². The number of rotatable bonds is 7. The van der Waals surface area contributed by atoms with Crippen molar-refractivity contribution in [1.29, 1.82) is 5.26 Å². The molecule has 0 bridgehead atoms. The van der Waals surface area contributed by atoms with Crippen LogP contribution in [-0.4, -0.2) is 30.6 Å². The minimum Gasteiger partial charge on any atom is -0.495 e. The van der Waals surface area contributed by atoms with E-state index in [1.807, 2.05) is 36.4 Å². The van der Waals surface area contributed by atoms with Gasteiger partial charge in [0.1, 0.15) is 5.75 Å². The number of aromatic nitrogens is 1. The van der Waals surface area contributed by atoms with Crippen molar-refractivity contribution in [1.82, 2.24) is 10.3 Å². The molecule has 1 aliphatic rings. The maximum Gasteiger partial charge on any atom is 0.273 e. The Kier molecular flexibility index (Phi) is 7.31. The number of anilines is 1. The lowest BCUT2D eigenvalue weighted by atomic mass is 9.87. The maximum atomic E-state index is 14.6. The Balaban J connectivity index is 1.67. The molecule has 2 aromatic carbocycles. The summed E-state index contributed by atoms with van der Waals surface area (Å²) in [7, 11) is 1.58. The molecule has 2 N–H and O–H groups in total. The van der Waals surface area contributed by atoms with Crippen molar-refractivity contribution in [3.05, 3.63) is 66.1 Å². The average Bonchev–Trinajstić information content (AvgIpc) is 2.86. The average molecular weight is 473 g/mol. The zero-order chi connectivity index (χ0) is 24.9. The van der Waals surface area contributed by atoms with Gasteiger partial charge < -0.3 is 15.4 Å². The van der Waals surface area contributed by atoms with Crippen molar-refractivity contribution in [3.63, 3.8) is 0 Å². The van der Waals surface area contributed by atoms with Crippen molar-refractivity contribution < 1.29 is 13.9 Å². The van der Waals surface area contributed by atoms with E-state index in [4.69, 9.17) is 10.00 Å². The number of pyridine rings is 1. The van der Waals surface area contributed by atoms with Crippen LogP contribution < -0.4 is 15.4 Å². The van der Waals surface area contributed by atoms with Crippen LogP contribution in [0.1, 0.15) is 43.1 Å². The van der Waals surface area contributed by atoms with Gasteiger partial charge in [-0.15, -0.1) is 0 Å². The maximum absolute atomic E-state index is 14.6. The van der Waals surface area contributed by atoms with Gasteiger partial charge in [-0.1, -0.05) is 44.5 Å². The summed E-state index contributed by atoms with van der Waals surface area (Å²) in [6.07, 6.45) is 4.01. The normalized spacial score (nSPS) is 17.4. The third-order valence-electron chi connectivity index (χ3n) is 6.47. The summed E-state index contributed by atoms with van der Waals surface area (Å²) in [6.45, 7) is 6.17. The first kappa shape index (κ1) is 24.2. The zero-order valence-corrected chi connectivity index (χ0v) is 20.0. The van der Waals surface area contributed by atoms with Crippen LogP contribution in [-0.2, 0) is 0 Å². The number of nitriles is 1. The molecule has 6 nitrogen and oxygen atoms in total. The van der Waals surface area contributed by atoms with Crippen LogP contribution in [0.15, 0.2) is 54.6 Å². The van der Waals surface area contributed by atoms with Crippen LogP contribution >= 0.6 is 0 Å². The van der Waals surface area contributed by atoms with Gasteiger partial charge in [0.25, 0.3) is 5.91 Å². The van der Waals surface area contributed by atoms with E-state index in [0.717, 1.165) is 47.7 Å². The number of fused-ring (bicyclic) bond motifs is 1. The van der Waals surface area contributed by atoms with Gasteiger partial charge in [-0.05, 0) is 48.4 Å². The van der Waals surface area contributed by atoms with Crippen LogP contribution in [0.3, 0.4) is 0 Å². The molecule has 3 aromatic rings. The Labute approximate surface area is 204 Å². The third-order valence-corrected chi connectivity index (χ3v) is 6.47. The fourth-order valence-corrected chi connectivity index (χ4v) is 4.63. The molecule has 0 saturated heterocycles. The highest BCUT2D eigenvalue weighted by molar-refractivity contribution is 5.99. The fraction of sp³-hybridized carbons (Fsp3) is 0.321. The zero-order valence-electron chi connectivity index (χ0n) is 20.0. The SMILES string of the molecule is C=C(C#N)CNc1c(OC)ccc2ccc(-c3ccc(F)c(C(=O)N[C@@H]4CCC[C@@H](C)C4)n3)cc12. The number of carbonyl (C=O) groups is 1. The lowest BCUT2D eigenvalue weighted by Crippen LogP contribution is -2.38. The number of amides is 1. The van der Waals surface area contributed by atoms with E-state index in [2.05, 4.69) is 29.1 Å². The third kappa shape index (κ3) is 5.43. The smallest absolute Gasteiger partial charge is 0.273 e. The summed E-state index contributed by atoms with van der Waals surface area (Å²) >= 11 is 0. The van der Waals surface area contributed by atoms with Gasteiger partial charge in [-0.3, -0.25) is 4.79 Å². The quantitative estimate of drug-likeness (QED) is 0.421. The van der Waals surface area contributed by atoms with Crippen molar-refractivity contribution in [2.24, 2.45) is 5.92 Å². The molecule has 35 heavy (non-hydrogen) atoms. The first-order valence-electron chi connectivity index (χ1n) is 11.8. The Morgan fingerprint density at radius 1 is 1.26 bits per heavy atom. The number of ether oxygens (including phenoxy) is 1. The molecule has 1 heterocycles. The van der Waals surface area contributed by atoms with Gasteiger partial charge >= 0.3 is 0 Å². The molecule has 0 radical (unpaired) electrons. The van der Waals surface area contributed by atoms with Gasteiger partial charge in [0.15, 0.2) is 11.5 Å². The molecule has 1 saturated carbocycles. The van der Waals surface area contributed by atoms with Crippen molar-refractivity contribution in [2.75, 3.05) is 19.0 Å². The Hall–Kier alpha value is -3.92. The van der Waals surface area contributed by atoms with E-state index in [1.54, 1.807) is 13.2 Å². The Morgan fingerprint density at radius 2 is 2.06 bits per heavy atom. The molecule has 1 aromatic heterocycles. The van der Waals surface area contributed by atoms with Crippen molar-refractivity contribution in [3.8, 4) is 23.1 Å². The number of methoxy groups -OCH3 is 1. The minimum absolute atomic E-state index is 0.0426. The van der Waals surface area contributed by atoms with Gasteiger partial charge in [-0.25, -0.2) is 9.37 Å². The molecule has 0 spiro atoms. The predicted molar refractivity (Wildman–Crippen MR) is 136 cm³/mol. The summed E-state index contributed by atoms with van der Waals surface area (Å²) in [5.41, 5.74) is 2.13. The van der Waals surface area contributed by atoms with Crippen LogP contribution in [0.5, 0.6) is 5.75 Å². The number of hydrogen-bond acceptors (Lipinski definition) is 5. The minimum atomic E-state index is -0.644. The number of carbonyl (C=O) groups excluding carboxylic acids is 1. The molecular formula is C28H29FN4O2. The second kappa shape index (κ2) is 10.6. The van der Waals surface area contributed by atoms with Gasteiger partial charge in [0, 0.05) is 29.1 Å². The van der Waals surface area contributed by atoms with E-state index in [1.165, 1.54) is 6.07 Å². The molecule has 7 heteroatoms. The summed E-state index contributed by atoms with van der Waals surface area (Å²) in [4.78, 5) is 17.3. The van der Waals surface area contributed by atoms with E-state index in [-0.39, 0.29) is 18.3 Å². The highest BCUT2D eigenvalue weighted by atomic mass is 19.1. The summed E-state index contributed by atoms with van der Waals surface area (Å²) < 4.78 is 20.1. The second-order valence-electron chi connectivity index (χ2n) is 9.12. The largest absolute Gasteiger partial charge is 0.495 e. The first-order valence-corrected chi connectivity index (χ1v) is 11.8. The fourth-order valence-electron chi connectivity index (χ4n) is 4.63. The molecular weight excluding hydrogens is 443 g/mol. The Morgan fingerprint density at radius 3 is 2.80 bits per heavy atom. The summed E-state index contributed by atoms with van der Waals surface area (Å²) in [5.74, 6) is 0.0355. The van der Waals surface area contributed by atoms with Gasteiger partial charge in [0.2, 0.25) is 0 Å². The van der Waals surface area contributed by atoms with Crippen molar-refractivity contribution >= 4 is 22.4 Å². The van der Waals surface area contributed by atoms with E-state index in [9.17, 15) is 9.18 Å². The van der Waals surface area contributed by atoms with Crippen molar-refractivity contribution in [2.45, 2.75) is 38.6 Å². The number of halogens is 1. The second-order valence-corrected chi connectivity index (χ2v) is 9.12. The number of nitrogens with zero attached hydrogens (tertiary/aromatic N) is 2. The summed E-state index contributed by atoms with van der Waals surface area (Å²) in [6, 6.07) is 14.5. The topological polar surface area (TPSA) is 87.0 Å². The van der Waals surface area contributed by atoms with Crippen LogP contribution in [0.25, 0.3) is 22.0 Å². The summed E-state index contributed by atoms with van der Waals surface area (Å²) in [5, 5.41) is 17.1. The molecule has 1 aliphatic carbocycles. The first-order chi connectivity index (χ1) is 16.9. The molecule has 4 rings (SSSR count). The van der Waals surface area contributed by atoms with Crippen LogP contribution in [0.2, 0.25) is 0 Å². The lowest BCUT2D eigenvalue weighted by Gasteiger charge is -2.27. The standard InChI is InChI=1S/C28H29FN4O2/c1-17-5-4-6-21(13-17)32-28(34)27-23(29)10-11-24(33-27)20-8-7-19-9-12-25(35-3)26(22(19)14-20)31-16-18(2)15-30/h7-12,14,17,21,31H,2,4-6,13,16H2,1,3H3,(H,32,34)/t17-,21-/m1/s1. The predicted octanol–water partition coefficient (Wildman–Crippen LogP) is 5.85. The molecule has 180 valence electrons. The molecule has 2 atom stereocenters. The molecule has 0 aliphatic heterocycles.